The Morgan fingerprint density at radius 3 is 2.60 bits per heavy atom. The van der Waals surface area contributed by atoms with Crippen LogP contribution in [0.3, 0.4) is 0 Å². The van der Waals surface area contributed by atoms with Gasteiger partial charge >= 0.3 is 6.03 Å². The van der Waals surface area contributed by atoms with E-state index >= 15 is 0 Å². The summed E-state index contributed by atoms with van der Waals surface area (Å²) in [5.41, 5.74) is 3.81. The topological polar surface area (TPSA) is 94.4 Å². The van der Waals surface area contributed by atoms with Crippen LogP contribution in [0.4, 0.5) is 10.5 Å². The molecule has 0 fully saturated rings. The van der Waals surface area contributed by atoms with Crippen LogP contribution in [-0.2, 0) is 11.8 Å². The van der Waals surface area contributed by atoms with Crippen LogP contribution in [0.5, 0.6) is 5.75 Å². The number of fused-ring (bicyclic) bond motifs is 1. The summed E-state index contributed by atoms with van der Waals surface area (Å²) in [6, 6.07) is 12.5. The van der Waals surface area contributed by atoms with Crippen LogP contribution in [0.25, 0.3) is 5.57 Å². The van der Waals surface area contributed by atoms with Gasteiger partial charge in [-0.2, -0.15) is 5.26 Å². The van der Waals surface area contributed by atoms with Crippen molar-refractivity contribution in [2.24, 2.45) is 0 Å². The molecule has 3 N–H and O–H groups in total. The van der Waals surface area contributed by atoms with Crippen molar-refractivity contribution < 1.29 is 14.6 Å². The maximum Gasteiger partial charge on any atom is 0.319 e. The Kier molecular flexibility index (Phi) is 5.86. The lowest BCUT2D eigenvalue weighted by Gasteiger charge is -2.24. The standard InChI is InChI=1S/C24H27N3O3/c1-14(13-25)18-11-16(24(2,3)4)12-20(22(18)30-5)27-23(29)26-19-10-15-8-6-7-9-17(15)21(19)28/h6-9,11-12,19,21,28H,1,10H2,2-5H3,(H2,26,27,29)/t19-,21+/m1/s1. The Morgan fingerprint density at radius 1 is 1.30 bits per heavy atom. The molecule has 156 valence electrons. The van der Waals surface area contributed by atoms with E-state index in [1.807, 2.05) is 57.2 Å². The smallest absolute Gasteiger partial charge is 0.319 e. The fraction of sp³-hybridized carbons (Fsp3) is 0.333. The summed E-state index contributed by atoms with van der Waals surface area (Å²) in [4.78, 5) is 12.8. The summed E-state index contributed by atoms with van der Waals surface area (Å²) in [6.45, 7) is 9.95. The quantitative estimate of drug-likeness (QED) is 0.661. The molecule has 0 saturated carbocycles. The first-order valence-corrected chi connectivity index (χ1v) is 9.81. The average Bonchev–Trinajstić information content (AvgIpc) is 3.01. The van der Waals surface area contributed by atoms with E-state index in [4.69, 9.17) is 4.74 Å². The van der Waals surface area contributed by atoms with Gasteiger partial charge in [0.05, 0.1) is 36.6 Å². The van der Waals surface area contributed by atoms with Crippen LogP contribution in [0.15, 0.2) is 43.0 Å². The molecule has 6 nitrogen and oxygen atoms in total. The number of nitriles is 1. The minimum atomic E-state index is -0.760. The number of ether oxygens (including phenoxy) is 1. The van der Waals surface area contributed by atoms with E-state index in [1.165, 1.54) is 7.11 Å². The zero-order valence-corrected chi connectivity index (χ0v) is 17.7. The lowest BCUT2D eigenvalue weighted by molar-refractivity contribution is 0.145. The second-order valence-electron chi connectivity index (χ2n) is 8.50. The molecule has 0 heterocycles. The number of aliphatic hydroxyl groups excluding tert-OH is 1. The van der Waals surface area contributed by atoms with E-state index < -0.39 is 18.2 Å². The first kappa shape index (κ1) is 21.4. The number of benzene rings is 2. The van der Waals surface area contributed by atoms with Crippen molar-refractivity contribution in [2.45, 2.75) is 44.8 Å². The molecule has 0 unspecified atom stereocenters. The third-order valence-corrected chi connectivity index (χ3v) is 5.38. The Hall–Kier alpha value is -3.30. The zero-order valence-electron chi connectivity index (χ0n) is 17.7. The van der Waals surface area contributed by atoms with Crippen LogP contribution in [0.2, 0.25) is 0 Å². The van der Waals surface area contributed by atoms with Gasteiger partial charge in [0.25, 0.3) is 0 Å². The highest BCUT2D eigenvalue weighted by molar-refractivity contribution is 5.94. The number of aliphatic hydroxyl groups is 1. The van der Waals surface area contributed by atoms with E-state index in [9.17, 15) is 15.2 Å². The molecular weight excluding hydrogens is 378 g/mol. The molecule has 0 spiro atoms. The fourth-order valence-electron chi connectivity index (χ4n) is 3.69. The molecule has 30 heavy (non-hydrogen) atoms. The summed E-state index contributed by atoms with van der Waals surface area (Å²) in [5.74, 6) is 0.375. The van der Waals surface area contributed by atoms with E-state index in [0.717, 1.165) is 16.7 Å². The number of carbonyl (C=O) groups is 1. The van der Waals surface area contributed by atoms with Gasteiger partial charge in [-0.15, -0.1) is 0 Å². The molecule has 2 aromatic carbocycles. The molecule has 2 aromatic rings. The van der Waals surface area contributed by atoms with Crippen LogP contribution in [0.1, 0.15) is 49.1 Å². The van der Waals surface area contributed by atoms with Crippen LogP contribution >= 0.6 is 0 Å². The second-order valence-corrected chi connectivity index (χ2v) is 8.50. The van der Waals surface area contributed by atoms with Gasteiger partial charge in [0, 0.05) is 5.56 Å². The highest BCUT2D eigenvalue weighted by Gasteiger charge is 2.32. The molecule has 2 atom stereocenters. The Morgan fingerprint density at radius 2 is 2.00 bits per heavy atom. The van der Waals surface area contributed by atoms with Gasteiger partial charge in [0.2, 0.25) is 0 Å². The zero-order chi connectivity index (χ0) is 22.1. The molecule has 1 aliphatic carbocycles. The van der Waals surface area contributed by atoms with Crippen LogP contribution < -0.4 is 15.4 Å². The number of nitrogens with zero attached hydrogens (tertiary/aromatic N) is 1. The normalized spacial score (nSPS) is 17.6. The van der Waals surface area contributed by atoms with Crippen molar-refractivity contribution >= 4 is 17.3 Å². The van der Waals surface area contributed by atoms with Gasteiger partial charge in [-0.3, -0.25) is 0 Å². The first-order valence-electron chi connectivity index (χ1n) is 9.81. The number of amides is 2. The molecule has 6 heteroatoms. The van der Waals surface area contributed by atoms with Crippen molar-refractivity contribution in [3.05, 3.63) is 65.2 Å². The third-order valence-electron chi connectivity index (χ3n) is 5.38. The number of carbonyl (C=O) groups excluding carboxylic acids is 1. The van der Waals surface area contributed by atoms with Crippen LogP contribution in [0, 0.1) is 11.3 Å². The number of anilines is 1. The van der Waals surface area contributed by atoms with Gasteiger partial charge in [0.1, 0.15) is 0 Å². The first-order chi connectivity index (χ1) is 14.2. The number of urea groups is 1. The number of rotatable bonds is 4. The monoisotopic (exact) mass is 405 g/mol. The molecular formula is C24H27N3O3. The van der Waals surface area contributed by atoms with Crippen molar-refractivity contribution in [3.8, 4) is 11.8 Å². The van der Waals surface area contributed by atoms with Crippen molar-refractivity contribution in [1.29, 1.82) is 5.26 Å². The third kappa shape index (κ3) is 4.17. The number of methoxy groups -OCH3 is 1. The van der Waals surface area contributed by atoms with E-state index in [2.05, 4.69) is 23.3 Å². The summed E-state index contributed by atoms with van der Waals surface area (Å²) in [7, 11) is 1.49. The number of hydrogen-bond acceptors (Lipinski definition) is 4. The molecule has 0 aliphatic heterocycles. The molecule has 3 rings (SSSR count). The Labute approximate surface area is 177 Å². The van der Waals surface area contributed by atoms with Crippen molar-refractivity contribution in [3.63, 3.8) is 0 Å². The molecule has 1 aliphatic rings. The Bertz CT molecular complexity index is 1030. The highest BCUT2D eigenvalue weighted by atomic mass is 16.5. The molecule has 0 radical (unpaired) electrons. The molecule has 0 aromatic heterocycles. The molecule has 0 bridgehead atoms. The second kappa shape index (κ2) is 8.21. The Balaban J connectivity index is 1.87. The van der Waals surface area contributed by atoms with Gasteiger partial charge in [-0.05, 0) is 40.7 Å². The largest absolute Gasteiger partial charge is 0.494 e. The summed E-state index contributed by atoms with van der Waals surface area (Å²) in [5, 5.41) is 25.6. The van der Waals surface area contributed by atoms with Gasteiger partial charge in [-0.1, -0.05) is 51.6 Å². The van der Waals surface area contributed by atoms with Crippen LogP contribution in [-0.4, -0.2) is 24.3 Å². The van der Waals surface area contributed by atoms with E-state index in [0.29, 0.717) is 23.4 Å². The number of hydrogen-bond donors (Lipinski definition) is 3. The van der Waals surface area contributed by atoms with Crippen molar-refractivity contribution in [2.75, 3.05) is 12.4 Å². The van der Waals surface area contributed by atoms with Gasteiger partial charge < -0.3 is 20.5 Å². The van der Waals surface area contributed by atoms with Crippen molar-refractivity contribution in [1.82, 2.24) is 5.32 Å². The fourth-order valence-corrected chi connectivity index (χ4v) is 3.69. The average molecular weight is 405 g/mol. The summed E-state index contributed by atoms with van der Waals surface area (Å²) < 4.78 is 5.51. The lowest BCUT2D eigenvalue weighted by atomic mass is 9.84. The molecule has 0 saturated heterocycles. The maximum absolute atomic E-state index is 12.8. The highest BCUT2D eigenvalue weighted by Crippen LogP contribution is 2.38. The van der Waals surface area contributed by atoms with Gasteiger partial charge in [-0.25, -0.2) is 4.79 Å². The summed E-state index contributed by atoms with van der Waals surface area (Å²) >= 11 is 0. The molecule has 2 amide bonds. The minimum absolute atomic E-state index is 0.215. The van der Waals surface area contributed by atoms with E-state index in [-0.39, 0.29) is 11.0 Å². The lowest BCUT2D eigenvalue weighted by Crippen LogP contribution is -2.40. The minimum Gasteiger partial charge on any atom is -0.494 e. The van der Waals surface area contributed by atoms with Gasteiger partial charge in [0.15, 0.2) is 5.75 Å². The van der Waals surface area contributed by atoms with E-state index in [1.54, 1.807) is 0 Å². The number of allylic oxidation sites excluding steroid dienone is 1. The SMILES string of the molecule is C=C(C#N)c1cc(C(C)(C)C)cc(NC(=O)N[C@@H]2Cc3ccccc3[C@@H]2O)c1OC. The number of nitrogens with one attached hydrogen (secondary N) is 2. The maximum atomic E-state index is 12.8. The predicted molar refractivity (Wildman–Crippen MR) is 117 cm³/mol. The predicted octanol–water partition coefficient (Wildman–Crippen LogP) is 4.31. The summed E-state index contributed by atoms with van der Waals surface area (Å²) in [6.07, 6.45) is -0.205.